The number of carbonyl (C=O) groups excluding carboxylic acids is 1. The molecule has 1 aromatic rings. The van der Waals surface area contributed by atoms with Crippen LogP contribution in [0.4, 0.5) is 5.69 Å². The molecule has 0 unspecified atom stereocenters. The number of nitrogens with one attached hydrogen (secondary N) is 1. The fraction of sp³-hybridized carbons (Fsp3) is 0.182. The van der Waals surface area contributed by atoms with E-state index in [2.05, 4.69) is 5.48 Å². The highest BCUT2D eigenvalue weighted by atomic mass is 16.6. The first-order chi connectivity index (χ1) is 7.22. The average molecular weight is 206 g/mol. The third kappa shape index (κ3) is 4.28. The molecule has 0 spiro atoms. The highest BCUT2D eigenvalue weighted by molar-refractivity contribution is 5.91. The van der Waals surface area contributed by atoms with Crippen LogP contribution in [0.25, 0.3) is 6.08 Å². The molecule has 0 aliphatic heterocycles. The topological polar surface area (TPSA) is 64.3 Å². The molecule has 1 aromatic carbocycles. The Morgan fingerprint density at radius 3 is 3.07 bits per heavy atom. The van der Waals surface area contributed by atoms with Crippen LogP contribution in [-0.2, 0) is 9.63 Å². The number of hydroxylamine groups is 1. The molecule has 0 bridgehead atoms. The largest absolute Gasteiger partial charge is 0.399 e. The van der Waals surface area contributed by atoms with Gasteiger partial charge in [0.05, 0.1) is 6.61 Å². The van der Waals surface area contributed by atoms with Crippen LogP contribution in [0.2, 0.25) is 0 Å². The van der Waals surface area contributed by atoms with Gasteiger partial charge in [0.2, 0.25) is 0 Å². The molecule has 4 nitrogen and oxygen atoms in total. The maximum absolute atomic E-state index is 11.1. The minimum Gasteiger partial charge on any atom is -0.399 e. The molecule has 0 atom stereocenters. The van der Waals surface area contributed by atoms with Crippen molar-refractivity contribution in [3.63, 3.8) is 0 Å². The Morgan fingerprint density at radius 2 is 2.40 bits per heavy atom. The zero-order valence-electron chi connectivity index (χ0n) is 8.57. The Morgan fingerprint density at radius 1 is 1.60 bits per heavy atom. The first-order valence-corrected chi connectivity index (χ1v) is 4.67. The van der Waals surface area contributed by atoms with Gasteiger partial charge in [0.15, 0.2) is 0 Å². The summed E-state index contributed by atoms with van der Waals surface area (Å²) in [5.74, 6) is -0.292. The number of benzene rings is 1. The monoisotopic (exact) mass is 206 g/mol. The second-order valence-electron chi connectivity index (χ2n) is 2.90. The minimum absolute atomic E-state index is 0.292. The van der Waals surface area contributed by atoms with Gasteiger partial charge in [-0.15, -0.1) is 0 Å². The van der Waals surface area contributed by atoms with Gasteiger partial charge >= 0.3 is 0 Å². The fourth-order valence-corrected chi connectivity index (χ4v) is 1.01. The van der Waals surface area contributed by atoms with Crippen molar-refractivity contribution in [2.75, 3.05) is 12.3 Å². The maximum Gasteiger partial charge on any atom is 0.267 e. The van der Waals surface area contributed by atoms with Crippen LogP contribution < -0.4 is 11.2 Å². The molecule has 0 fully saturated rings. The van der Waals surface area contributed by atoms with Crippen LogP contribution in [0, 0.1) is 0 Å². The average Bonchev–Trinajstić information content (AvgIpc) is 2.23. The second-order valence-corrected chi connectivity index (χ2v) is 2.90. The molecule has 15 heavy (non-hydrogen) atoms. The lowest BCUT2D eigenvalue weighted by Gasteiger charge is -1.99. The van der Waals surface area contributed by atoms with Gasteiger partial charge in [0.1, 0.15) is 0 Å². The lowest BCUT2D eigenvalue weighted by atomic mass is 10.2. The first kappa shape index (κ1) is 11.3. The molecular formula is C11H14N2O2. The maximum atomic E-state index is 11.1. The number of rotatable bonds is 4. The van der Waals surface area contributed by atoms with Crippen LogP contribution in [0.3, 0.4) is 0 Å². The van der Waals surface area contributed by atoms with E-state index in [0.717, 1.165) is 5.56 Å². The predicted octanol–water partition coefficient (Wildman–Crippen LogP) is 1.35. The normalized spacial score (nSPS) is 10.5. The molecule has 0 saturated heterocycles. The molecule has 80 valence electrons. The molecule has 3 N–H and O–H groups in total. The minimum atomic E-state index is -0.292. The SMILES string of the molecule is CCONC(=O)/C=C/c1cccc(N)c1. The predicted molar refractivity (Wildman–Crippen MR) is 59.7 cm³/mol. The summed E-state index contributed by atoms with van der Waals surface area (Å²) in [6.45, 7) is 2.24. The summed E-state index contributed by atoms with van der Waals surface area (Å²) >= 11 is 0. The molecule has 0 aromatic heterocycles. The van der Waals surface area contributed by atoms with E-state index >= 15 is 0 Å². The van der Waals surface area contributed by atoms with E-state index in [4.69, 9.17) is 10.6 Å². The van der Waals surface area contributed by atoms with E-state index in [-0.39, 0.29) is 5.91 Å². The highest BCUT2D eigenvalue weighted by Crippen LogP contribution is 2.07. The lowest BCUT2D eigenvalue weighted by molar-refractivity contribution is -0.127. The Hall–Kier alpha value is -1.81. The molecule has 1 amide bonds. The Bertz CT molecular complexity index is 361. The summed E-state index contributed by atoms with van der Waals surface area (Å²) in [5.41, 5.74) is 9.39. The number of anilines is 1. The van der Waals surface area contributed by atoms with Gasteiger partial charge in [-0.3, -0.25) is 9.63 Å². The number of nitrogens with two attached hydrogens (primary N) is 1. The Kier molecular flexibility index (Phi) is 4.37. The molecular weight excluding hydrogens is 192 g/mol. The standard InChI is InChI=1S/C11H14N2O2/c1-2-15-13-11(14)7-6-9-4-3-5-10(12)8-9/h3-8H,2,12H2,1H3,(H,13,14)/b7-6+. The molecule has 0 heterocycles. The zero-order chi connectivity index (χ0) is 11.1. The van der Waals surface area contributed by atoms with Crippen molar-refractivity contribution in [3.05, 3.63) is 35.9 Å². The lowest BCUT2D eigenvalue weighted by Crippen LogP contribution is -2.20. The van der Waals surface area contributed by atoms with Crippen molar-refractivity contribution in [2.45, 2.75) is 6.92 Å². The quantitative estimate of drug-likeness (QED) is 0.444. The third-order valence-electron chi connectivity index (χ3n) is 1.65. The van der Waals surface area contributed by atoms with Crippen molar-refractivity contribution in [2.24, 2.45) is 0 Å². The molecule has 0 aliphatic rings. The van der Waals surface area contributed by atoms with Gasteiger partial charge < -0.3 is 5.73 Å². The molecule has 0 saturated carbocycles. The van der Waals surface area contributed by atoms with Crippen molar-refractivity contribution in [3.8, 4) is 0 Å². The van der Waals surface area contributed by atoms with E-state index in [9.17, 15) is 4.79 Å². The van der Waals surface area contributed by atoms with E-state index in [1.165, 1.54) is 6.08 Å². The molecule has 0 aliphatic carbocycles. The number of nitrogen functional groups attached to an aromatic ring is 1. The van der Waals surface area contributed by atoms with Gasteiger partial charge in [0, 0.05) is 11.8 Å². The van der Waals surface area contributed by atoms with Crippen LogP contribution in [-0.4, -0.2) is 12.5 Å². The summed E-state index contributed by atoms with van der Waals surface area (Å²) in [5, 5.41) is 0. The molecule has 1 rings (SSSR count). The molecule has 4 heteroatoms. The summed E-state index contributed by atoms with van der Waals surface area (Å²) in [6.07, 6.45) is 3.06. The van der Waals surface area contributed by atoms with E-state index in [1.54, 1.807) is 25.1 Å². The van der Waals surface area contributed by atoms with Gasteiger partial charge in [-0.1, -0.05) is 12.1 Å². The van der Waals surface area contributed by atoms with Crippen molar-refractivity contribution in [1.82, 2.24) is 5.48 Å². The number of amides is 1. The van der Waals surface area contributed by atoms with Crippen molar-refractivity contribution < 1.29 is 9.63 Å². The number of hydrogen-bond donors (Lipinski definition) is 2. The van der Waals surface area contributed by atoms with Gasteiger partial charge in [0.25, 0.3) is 5.91 Å². The Labute approximate surface area is 88.7 Å². The van der Waals surface area contributed by atoms with Crippen LogP contribution >= 0.6 is 0 Å². The van der Waals surface area contributed by atoms with E-state index < -0.39 is 0 Å². The summed E-state index contributed by atoms with van der Waals surface area (Å²) in [6, 6.07) is 7.26. The third-order valence-corrected chi connectivity index (χ3v) is 1.65. The summed E-state index contributed by atoms with van der Waals surface area (Å²) in [7, 11) is 0. The summed E-state index contributed by atoms with van der Waals surface area (Å²) in [4.78, 5) is 15.8. The van der Waals surface area contributed by atoms with E-state index in [0.29, 0.717) is 12.3 Å². The fourth-order valence-electron chi connectivity index (χ4n) is 1.01. The first-order valence-electron chi connectivity index (χ1n) is 4.67. The second kappa shape index (κ2) is 5.82. The van der Waals surface area contributed by atoms with E-state index in [1.807, 2.05) is 12.1 Å². The van der Waals surface area contributed by atoms with Crippen LogP contribution in [0.5, 0.6) is 0 Å². The summed E-state index contributed by atoms with van der Waals surface area (Å²) < 4.78 is 0. The number of carbonyl (C=O) groups is 1. The van der Waals surface area contributed by atoms with Gasteiger partial charge in [-0.2, -0.15) is 0 Å². The molecule has 0 radical (unpaired) electrons. The Balaban J connectivity index is 2.53. The highest BCUT2D eigenvalue weighted by Gasteiger charge is 1.93. The smallest absolute Gasteiger partial charge is 0.267 e. The van der Waals surface area contributed by atoms with Gasteiger partial charge in [-0.05, 0) is 30.7 Å². The van der Waals surface area contributed by atoms with Crippen molar-refractivity contribution >= 4 is 17.7 Å². The van der Waals surface area contributed by atoms with Crippen molar-refractivity contribution in [1.29, 1.82) is 0 Å². The van der Waals surface area contributed by atoms with Gasteiger partial charge in [-0.25, -0.2) is 5.48 Å². The number of hydrogen-bond acceptors (Lipinski definition) is 3. The van der Waals surface area contributed by atoms with Crippen LogP contribution in [0.1, 0.15) is 12.5 Å². The van der Waals surface area contributed by atoms with Crippen LogP contribution in [0.15, 0.2) is 30.3 Å². The zero-order valence-corrected chi connectivity index (χ0v) is 8.57.